The van der Waals surface area contributed by atoms with Gasteiger partial charge in [0.15, 0.2) is 11.5 Å². The molecule has 1 aromatic carbocycles. The molecule has 94 valence electrons. The van der Waals surface area contributed by atoms with E-state index >= 15 is 0 Å². The van der Waals surface area contributed by atoms with Gasteiger partial charge in [0.05, 0.1) is 19.9 Å². The van der Waals surface area contributed by atoms with Gasteiger partial charge in [0, 0.05) is 18.3 Å². The summed E-state index contributed by atoms with van der Waals surface area (Å²) >= 11 is 0. The highest BCUT2D eigenvalue weighted by Crippen LogP contribution is 2.28. The van der Waals surface area contributed by atoms with Gasteiger partial charge in [0.2, 0.25) is 0 Å². The van der Waals surface area contributed by atoms with Crippen LogP contribution in [0.15, 0.2) is 40.1 Å². The maximum Gasteiger partial charge on any atom is 0.332 e. The van der Waals surface area contributed by atoms with Crippen LogP contribution in [0.25, 0.3) is 5.69 Å². The average molecular weight is 248 g/mol. The molecule has 0 unspecified atom stereocenters. The Morgan fingerprint density at radius 3 is 2.39 bits per heavy atom. The molecule has 0 saturated carbocycles. The van der Waals surface area contributed by atoms with Crippen LogP contribution in [0.5, 0.6) is 11.5 Å². The molecule has 1 heterocycles. The highest BCUT2D eigenvalue weighted by Gasteiger charge is 2.06. The summed E-state index contributed by atoms with van der Waals surface area (Å²) < 4.78 is 11.6. The fourth-order valence-corrected chi connectivity index (χ4v) is 1.60. The Morgan fingerprint density at radius 1 is 1.06 bits per heavy atom. The maximum atomic E-state index is 11.6. The van der Waals surface area contributed by atoms with Gasteiger partial charge >= 0.3 is 5.69 Å². The number of H-pyrrole nitrogens is 1. The van der Waals surface area contributed by atoms with Gasteiger partial charge in [-0.25, -0.2) is 4.79 Å². The first-order valence-corrected chi connectivity index (χ1v) is 5.20. The lowest BCUT2D eigenvalue weighted by Gasteiger charge is -2.10. The normalized spacial score (nSPS) is 10.1. The van der Waals surface area contributed by atoms with Crippen molar-refractivity contribution >= 4 is 0 Å². The number of hydrogen-bond acceptors (Lipinski definition) is 4. The Hall–Kier alpha value is -2.50. The average Bonchev–Trinajstić information content (AvgIpc) is 2.38. The molecule has 0 radical (unpaired) electrons. The second kappa shape index (κ2) is 4.79. The number of nitrogens with zero attached hydrogens (tertiary/aromatic N) is 1. The van der Waals surface area contributed by atoms with E-state index in [1.54, 1.807) is 18.2 Å². The van der Waals surface area contributed by atoms with E-state index in [4.69, 9.17) is 9.47 Å². The van der Waals surface area contributed by atoms with E-state index < -0.39 is 11.2 Å². The molecule has 6 nitrogen and oxygen atoms in total. The van der Waals surface area contributed by atoms with Crippen LogP contribution in [0.1, 0.15) is 0 Å². The molecule has 0 bridgehead atoms. The van der Waals surface area contributed by atoms with Crippen molar-refractivity contribution in [3.8, 4) is 17.2 Å². The standard InChI is InChI=1S/C12H12N2O4/c1-17-9-4-3-8(7-10(9)18-2)14-6-5-11(15)13-12(14)16/h3-7H,1-2H3,(H,13,15,16). The van der Waals surface area contributed by atoms with Crippen molar-refractivity contribution in [2.45, 2.75) is 0 Å². The lowest BCUT2D eigenvalue weighted by molar-refractivity contribution is 0.355. The SMILES string of the molecule is COc1ccc(-n2ccc(=O)[nH]c2=O)cc1OC. The minimum absolute atomic E-state index is 0.434. The molecule has 2 aromatic rings. The molecule has 0 aliphatic carbocycles. The summed E-state index contributed by atoms with van der Waals surface area (Å²) in [4.78, 5) is 24.8. The van der Waals surface area contributed by atoms with Gasteiger partial charge in [0.1, 0.15) is 0 Å². The van der Waals surface area contributed by atoms with E-state index in [-0.39, 0.29) is 0 Å². The van der Waals surface area contributed by atoms with Gasteiger partial charge in [-0.2, -0.15) is 0 Å². The first kappa shape index (κ1) is 12.0. The van der Waals surface area contributed by atoms with Gasteiger partial charge in [-0.05, 0) is 12.1 Å². The summed E-state index contributed by atoms with van der Waals surface area (Å²) in [6, 6.07) is 6.31. The monoisotopic (exact) mass is 248 g/mol. The molecule has 18 heavy (non-hydrogen) atoms. The highest BCUT2D eigenvalue weighted by molar-refractivity contribution is 5.48. The van der Waals surface area contributed by atoms with Crippen molar-refractivity contribution in [3.63, 3.8) is 0 Å². The predicted molar refractivity (Wildman–Crippen MR) is 65.8 cm³/mol. The molecule has 2 rings (SSSR count). The fourth-order valence-electron chi connectivity index (χ4n) is 1.60. The number of ether oxygens (including phenoxy) is 2. The first-order chi connectivity index (χ1) is 8.65. The van der Waals surface area contributed by atoms with Crippen LogP contribution in [0.3, 0.4) is 0 Å². The number of aromatic nitrogens is 2. The number of rotatable bonds is 3. The third kappa shape index (κ3) is 2.13. The Bertz CT molecular complexity index is 672. The van der Waals surface area contributed by atoms with E-state index in [0.717, 1.165) is 0 Å². The zero-order valence-electron chi connectivity index (χ0n) is 9.97. The van der Waals surface area contributed by atoms with Crippen LogP contribution in [0, 0.1) is 0 Å². The molecule has 0 aliphatic heterocycles. The summed E-state index contributed by atoms with van der Waals surface area (Å²) in [5, 5.41) is 0. The van der Waals surface area contributed by atoms with Crippen molar-refractivity contribution in [2.24, 2.45) is 0 Å². The molecule has 0 amide bonds. The van der Waals surface area contributed by atoms with E-state index in [2.05, 4.69) is 4.98 Å². The van der Waals surface area contributed by atoms with Crippen LogP contribution >= 0.6 is 0 Å². The second-order valence-corrected chi connectivity index (χ2v) is 3.52. The lowest BCUT2D eigenvalue weighted by Crippen LogP contribution is -2.27. The Balaban J connectivity index is 2.58. The third-order valence-electron chi connectivity index (χ3n) is 2.47. The summed E-state index contributed by atoms with van der Waals surface area (Å²) in [5.74, 6) is 1.08. The van der Waals surface area contributed by atoms with Gasteiger partial charge in [-0.3, -0.25) is 14.3 Å². The zero-order chi connectivity index (χ0) is 13.1. The van der Waals surface area contributed by atoms with Gasteiger partial charge in [-0.15, -0.1) is 0 Å². The van der Waals surface area contributed by atoms with Crippen molar-refractivity contribution in [3.05, 3.63) is 51.3 Å². The van der Waals surface area contributed by atoms with Crippen LogP contribution in [-0.2, 0) is 0 Å². The highest BCUT2D eigenvalue weighted by atomic mass is 16.5. The van der Waals surface area contributed by atoms with Crippen LogP contribution in [-0.4, -0.2) is 23.8 Å². The molecule has 0 atom stereocenters. The van der Waals surface area contributed by atoms with Crippen LogP contribution in [0.2, 0.25) is 0 Å². The molecule has 0 saturated heterocycles. The quantitative estimate of drug-likeness (QED) is 0.860. The van der Waals surface area contributed by atoms with E-state index in [1.807, 2.05) is 0 Å². The van der Waals surface area contributed by atoms with Crippen molar-refractivity contribution in [1.29, 1.82) is 0 Å². The maximum absolute atomic E-state index is 11.6. The molecular formula is C12H12N2O4. The third-order valence-corrected chi connectivity index (χ3v) is 2.47. The fraction of sp³-hybridized carbons (Fsp3) is 0.167. The molecule has 0 fully saturated rings. The van der Waals surface area contributed by atoms with E-state index in [0.29, 0.717) is 17.2 Å². The predicted octanol–water partition coefficient (Wildman–Crippen LogP) is 0.543. The van der Waals surface area contributed by atoms with Crippen molar-refractivity contribution in [1.82, 2.24) is 9.55 Å². The second-order valence-electron chi connectivity index (χ2n) is 3.52. The molecule has 1 aromatic heterocycles. The largest absolute Gasteiger partial charge is 0.493 e. The Kier molecular flexibility index (Phi) is 3.18. The lowest BCUT2D eigenvalue weighted by atomic mass is 10.2. The number of hydrogen-bond donors (Lipinski definition) is 1. The first-order valence-electron chi connectivity index (χ1n) is 5.20. The van der Waals surface area contributed by atoms with Gasteiger partial charge in [-0.1, -0.05) is 0 Å². The number of methoxy groups -OCH3 is 2. The topological polar surface area (TPSA) is 73.3 Å². The molecule has 0 spiro atoms. The summed E-state index contributed by atoms with van der Waals surface area (Å²) in [6.07, 6.45) is 1.41. The van der Waals surface area contributed by atoms with Crippen molar-refractivity contribution < 1.29 is 9.47 Å². The molecular weight excluding hydrogens is 236 g/mol. The minimum atomic E-state index is -0.505. The molecule has 1 N–H and O–H groups in total. The smallest absolute Gasteiger partial charge is 0.332 e. The van der Waals surface area contributed by atoms with Crippen LogP contribution < -0.4 is 20.7 Å². The Morgan fingerprint density at radius 2 is 1.78 bits per heavy atom. The number of benzene rings is 1. The van der Waals surface area contributed by atoms with Gasteiger partial charge < -0.3 is 9.47 Å². The Labute approximate surface area is 102 Å². The van der Waals surface area contributed by atoms with Gasteiger partial charge in [0.25, 0.3) is 5.56 Å². The van der Waals surface area contributed by atoms with Crippen molar-refractivity contribution in [2.75, 3.05) is 14.2 Å². The summed E-state index contributed by atoms with van der Waals surface area (Å²) in [7, 11) is 3.04. The van der Waals surface area contributed by atoms with E-state index in [9.17, 15) is 9.59 Å². The molecule has 0 aliphatic rings. The summed E-state index contributed by atoms with van der Waals surface area (Å²) in [5.41, 5.74) is -0.361. The van der Waals surface area contributed by atoms with Crippen LogP contribution in [0.4, 0.5) is 0 Å². The minimum Gasteiger partial charge on any atom is -0.493 e. The van der Waals surface area contributed by atoms with E-state index in [1.165, 1.54) is 31.0 Å². The molecule has 6 heteroatoms. The summed E-state index contributed by atoms with van der Waals surface area (Å²) in [6.45, 7) is 0. The number of nitrogens with one attached hydrogen (secondary N) is 1. The number of aromatic amines is 1. The zero-order valence-corrected chi connectivity index (χ0v) is 9.97.